The SMILES string of the molecule is NC(=O)c1ccc(Cc2c(Cl)cccc2Cl)cc1. The van der Waals surface area contributed by atoms with Crippen LogP contribution in [0.15, 0.2) is 42.5 Å². The molecule has 0 atom stereocenters. The van der Waals surface area contributed by atoms with Gasteiger partial charge in [0.05, 0.1) is 0 Å². The fourth-order valence-electron chi connectivity index (χ4n) is 1.69. The molecule has 0 unspecified atom stereocenters. The van der Waals surface area contributed by atoms with E-state index in [4.69, 9.17) is 28.9 Å². The summed E-state index contributed by atoms with van der Waals surface area (Å²) in [7, 11) is 0. The Balaban J connectivity index is 2.26. The van der Waals surface area contributed by atoms with E-state index in [9.17, 15) is 4.79 Å². The van der Waals surface area contributed by atoms with Crippen molar-refractivity contribution in [2.45, 2.75) is 6.42 Å². The van der Waals surface area contributed by atoms with Gasteiger partial charge in [0.2, 0.25) is 5.91 Å². The molecule has 0 heterocycles. The van der Waals surface area contributed by atoms with E-state index >= 15 is 0 Å². The molecule has 0 aromatic heterocycles. The van der Waals surface area contributed by atoms with Crippen molar-refractivity contribution < 1.29 is 4.79 Å². The van der Waals surface area contributed by atoms with Gasteiger partial charge in [0.1, 0.15) is 0 Å². The van der Waals surface area contributed by atoms with Crippen molar-refractivity contribution in [1.82, 2.24) is 0 Å². The van der Waals surface area contributed by atoms with Crippen LogP contribution in [0.2, 0.25) is 10.0 Å². The van der Waals surface area contributed by atoms with E-state index in [1.54, 1.807) is 24.3 Å². The van der Waals surface area contributed by atoms with E-state index in [1.165, 1.54) is 0 Å². The van der Waals surface area contributed by atoms with E-state index < -0.39 is 5.91 Å². The second kappa shape index (κ2) is 5.42. The molecule has 0 spiro atoms. The maximum absolute atomic E-state index is 11.0. The quantitative estimate of drug-likeness (QED) is 0.915. The Kier molecular flexibility index (Phi) is 3.90. The van der Waals surface area contributed by atoms with Gasteiger partial charge in [-0.1, -0.05) is 41.4 Å². The predicted molar refractivity (Wildman–Crippen MR) is 74.2 cm³/mol. The average Bonchev–Trinajstić information content (AvgIpc) is 2.34. The van der Waals surface area contributed by atoms with Crippen LogP contribution >= 0.6 is 23.2 Å². The molecule has 0 saturated carbocycles. The van der Waals surface area contributed by atoms with E-state index in [2.05, 4.69) is 0 Å². The molecule has 1 amide bonds. The minimum absolute atomic E-state index is 0.433. The molecule has 2 N–H and O–H groups in total. The van der Waals surface area contributed by atoms with Crippen molar-refractivity contribution in [3.05, 3.63) is 69.2 Å². The number of carbonyl (C=O) groups excluding carboxylic acids is 1. The van der Waals surface area contributed by atoms with Crippen LogP contribution in [0.3, 0.4) is 0 Å². The van der Waals surface area contributed by atoms with Gasteiger partial charge in [-0.15, -0.1) is 0 Å². The van der Waals surface area contributed by atoms with Crippen LogP contribution in [0.25, 0.3) is 0 Å². The maximum Gasteiger partial charge on any atom is 0.248 e. The van der Waals surface area contributed by atoms with Crippen LogP contribution < -0.4 is 5.73 Å². The standard InChI is InChI=1S/C14H11Cl2NO/c15-12-2-1-3-13(16)11(12)8-9-4-6-10(7-5-9)14(17)18/h1-7H,8H2,(H2,17,18). The molecule has 2 nitrogen and oxygen atoms in total. The number of carbonyl (C=O) groups is 1. The number of hydrogen-bond acceptors (Lipinski definition) is 1. The fourth-order valence-corrected chi connectivity index (χ4v) is 2.22. The smallest absolute Gasteiger partial charge is 0.248 e. The molecule has 0 aliphatic carbocycles. The highest BCUT2D eigenvalue weighted by atomic mass is 35.5. The van der Waals surface area contributed by atoms with Gasteiger partial charge in [-0.3, -0.25) is 4.79 Å². The predicted octanol–water partition coefficient (Wildman–Crippen LogP) is 3.68. The summed E-state index contributed by atoms with van der Waals surface area (Å²) in [5, 5.41) is 1.28. The molecule has 0 aliphatic heterocycles. The van der Waals surface area contributed by atoms with Crippen LogP contribution in [0.1, 0.15) is 21.5 Å². The van der Waals surface area contributed by atoms with Gasteiger partial charge in [-0.2, -0.15) is 0 Å². The van der Waals surface area contributed by atoms with Gasteiger partial charge >= 0.3 is 0 Å². The molecule has 2 aromatic rings. The summed E-state index contributed by atoms with van der Waals surface area (Å²) in [6.07, 6.45) is 0.623. The van der Waals surface area contributed by atoms with Gasteiger partial charge in [-0.25, -0.2) is 0 Å². The summed E-state index contributed by atoms with van der Waals surface area (Å²) in [6, 6.07) is 12.5. The van der Waals surface area contributed by atoms with Crippen LogP contribution in [0.5, 0.6) is 0 Å². The summed E-state index contributed by atoms with van der Waals surface area (Å²) < 4.78 is 0. The Hall–Kier alpha value is -1.51. The lowest BCUT2D eigenvalue weighted by Gasteiger charge is -2.07. The van der Waals surface area contributed by atoms with Crippen LogP contribution in [0, 0.1) is 0 Å². The Labute approximate surface area is 115 Å². The highest BCUT2D eigenvalue weighted by molar-refractivity contribution is 6.36. The van der Waals surface area contributed by atoms with Crippen LogP contribution in [0.4, 0.5) is 0 Å². The Morgan fingerprint density at radius 3 is 2.06 bits per heavy atom. The van der Waals surface area contributed by atoms with Crippen molar-refractivity contribution in [3.63, 3.8) is 0 Å². The minimum Gasteiger partial charge on any atom is -0.366 e. The lowest BCUT2D eigenvalue weighted by molar-refractivity contribution is 0.100. The number of benzene rings is 2. The molecule has 0 aliphatic rings. The number of hydrogen-bond donors (Lipinski definition) is 1. The van der Waals surface area contributed by atoms with Crippen molar-refractivity contribution in [2.24, 2.45) is 5.73 Å². The van der Waals surface area contributed by atoms with Gasteiger partial charge in [0, 0.05) is 22.0 Å². The molecule has 0 fully saturated rings. The molecule has 4 heteroatoms. The molecular weight excluding hydrogens is 269 g/mol. The zero-order valence-electron chi connectivity index (χ0n) is 9.49. The molecule has 92 valence electrons. The average molecular weight is 280 g/mol. The summed E-state index contributed by atoms with van der Waals surface area (Å²) in [5.74, 6) is -0.433. The monoisotopic (exact) mass is 279 g/mol. The summed E-state index contributed by atoms with van der Waals surface area (Å²) in [4.78, 5) is 11.0. The Morgan fingerprint density at radius 2 is 1.56 bits per heavy atom. The summed E-state index contributed by atoms with van der Waals surface area (Å²) in [5.41, 5.74) is 7.58. The largest absolute Gasteiger partial charge is 0.366 e. The lowest BCUT2D eigenvalue weighted by Crippen LogP contribution is -2.10. The van der Waals surface area contributed by atoms with Gasteiger partial charge in [-0.05, 0) is 35.4 Å². The third-order valence-corrected chi connectivity index (χ3v) is 3.39. The number of nitrogens with two attached hydrogens (primary N) is 1. The van der Waals surface area contributed by atoms with Crippen molar-refractivity contribution in [2.75, 3.05) is 0 Å². The van der Waals surface area contributed by atoms with Crippen molar-refractivity contribution in [3.8, 4) is 0 Å². The highest BCUT2D eigenvalue weighted by Gasteiger charge is 2.07. The Bertz CT molecular complexity index is 559. The van der Waals surface area contributed by atoms with E-state index in [-0.39, 0.29) is 0 Å². The highest BCUT2D eigenvalue weighted by Crippen LogP contribution is 2.26. The molecule has 0 radical (unpaired) electrons. The first-order valence-electron chi connectivity index (χ1n) is 5.39. The Morgan fingerprint density at radius 1 is 1.00 bits per heavy atom. The maximum atomic E-state index is 11.0. The minimum atomic E-state index is -0.433. The summed E-state index contributed by atoms with van der Waals surface area (Å²) in [6.45, 7) is 0. The first-order valence-corrected chi connectivity index (χ1v) is 6.15. The second-order valence-corrected chi connectivity index (χ2v) is 4.75. The van der Waals surface area contributed by atoms with E-state index in [0.29, 0.717) is 22.0 Å². The first kappa shape index (κ1) is 12.9. The molecule has 18 heavy (non-hydrogen) atoms. The molecule has 0 bridgehead atoms. The second-order valence-electron chi connectivity index (χ2n) is 3.94. The normalized spacial score (nSPS) is 10.3. The number of halogens is 2. The summed E-state index contributed by atoms with van der Waals surface area (Å²) >= 11 is 12.2. The molecule has 2 aromatic carbocycles. The number of rotatable bonds is 3. The van der Waals surface area contributed by atoms with Gasteiger partial charge in [0.15, 0.2) is 0 Å². The van der Waals surface area contributed by atoms with Crippen LogP contribution in [-0.2, 0) is 6.42 Å². The van der Waals surface area contributed by atoms with Crippen LogP contribution in [-0.4, -0.2) is 5.91 Å². The number of amides is 1. The third kappa shape index (κ3) is 2.84. The van der Waals surface area contributed by atoms with Crippen molar-refractivity contribution >= 4 is 29.1 Å². The van der Waals surface area contributed by atoms with Crippen molar-refractivity contribution in [1.29, 1.82) is 0 Å². The van der Waals surface area contributed by atoms with E-state index in [0.717, 1.165) is 11.1 Å². The number of primary amides is 1. The zero-order valence-corrected chi connectivity index (χ0v) is 11.0. The molecule has 0 saturated heterocycles. The topological polar surface area (TPSA) is 43.1 Å². The lowest BCUT2D eigenvalue weighted by atomic mass is 10.0. The third-order valence-electron chi connectivity index (χ3n) is 2.68. The molecular formula is C14H11Cl2NO. The molecule has 2 rings (SSSR count). The van der Waals surface area contributed by atoms with Gasteiger partial charge < -0.3 is 5.73 Å². The van der Waals surface area contributed by atoms with Gasteiger partial charge in [0.25, 0.3) is 0 Å². The fraction of sp³-hybridized carbons (Fsp3) is 0.0714. The first-order chi connectivity index (χ1) is 8.58. The van der Waals surface area contributed by atoms with E-state index in [1.807, 2.05) is 18.2 Å². The zero-order chi connectivity index (χ0) is 13.1.